The van der Waals surface area contributed by atoms with Crippen molar-refractivity contribution in [1.29, 1.82) is 0 Å². The highest BCUT2D eigenvalue weighted by Crippen LogP contribution is 2.28. The molecule has 4 rings (SSSR count). The molecule has 0 saturated heterocycles. The SMILES string of the molecule is CCCC(=O)Nc1ccc2c(c1)OC[C@@H](C)N(Cc1cc(-c3ccccc3)on1)C[C@@H](C)[C@H](OC)CN(C)C2=O. The fourth-order valence-corrected chi connectivity index (χ4v) is 4.93. The highest BCUT2D eigenvalue weighted by molar-refractivity contribution is 5.98. The Kier molecular flexibility index (Phi) is 9.95. The summed E-state index contributed by atoms with van der Waals surface area (Å²) in [6.07, 6.45) is 1.01. The van der Waals surface area contributed by atoms with Crippen molar-refractivity contribution in [3.63, 3.8) is 0 Å². The molecule has 0 aliphatic carbocycles. The van der Waals surface area contributed by atoms with Gasteiger partial charge in [0.15, 0.2) is 5.76 Å². The monoisotopic (exact) mass is 548 g/mol. The van der Waals surface area contributed by atoms with Crippen molar-refractivity contribution in [1.82, 2.24) is 15.0 Å². The number of likely N-dealkylation sites (N-methyl/N-ethyl adjacent to an activating group) is 1. The Labute approximate surface area is 236 Å². The van der Waals surface area contributed by atoms with Crippen LogP contribution in [-0.4, -0.2) is 72.8 Å². The first kappa shape index (κ1) is 29.3. The minimum absolute atomic E-state index is 0.0183. The number of carbonyl (C=O) groups excluding carboxylic acids is 2. The van der Waals surface area contributed by atoms with Crippen LogP contribution in [0.15, 0.2) is 59.1 Å². The number of methoxy groups -OCH3 is 1. The van der Waals surface area contributed by atoms with Crippen molar-refractivity contribution < 1.29 is 23.6 Å². The summed E-state index contributed by atoms with van der Waals surface area (Å²) in [6.45, 7) is 8.22. The average molecular weight is 549 g/mol. The summed E-state index contributed by atoms with van der Waals surface area (Å²) < 4.78 is 17.8. The first-order valence-electron chi connectivity index (χ1n) is 13.9. The number of carbonyl (C=O) groups is 2. The molecule has 0 fully saturated rings. The lowest BCUT2D eigenvalue weighted by Gasteiger charge is -2.35. The van der Waals surface area contributed by atoms with E-state index in [2.05, 4.69) is 29.2 Å². The summed E-state index contributed by atoms with van der Waals surface area (Å²) in [5.74, 6) is 1.06. The number of amides is 2. The number of hydrogen-bond donors (Lipinski definition) is 1. The number of aromatic nitrogens is 1. The van der Waals surface area contributed by atoms with E-state index in [1.807, 2.05) is 43.3 Å². The van der Waals surface area contributed by atoms with E-state index in [1.54, 1.807) is 37.3 Å². The van der Waals surface area contributed by atoms with Crippen LogP contribution in [0.4, 0.5) is 5.69 Å². The Morgan fingerprint density at radius 2 is 1.90 bits per heavy atom. The van der Waals surface area contributed by atoms with E-state index in [4.69, 9.17) is 14.0 Å². The third-order valence-corrected chi connectivity index (χ3v) is 7.32. The molecule has 0 bridgehead atoms. The van der Waals surface area contributed by atoms with Gasteiger partial charge < -0.3 is 24.2 Å². The van der Waals surface area contributed by atoms with Gasteiger partial charge in [-0.1, -0.05) is 49.3 Å². The normalized spacial score (nSPS) is 20.7. The van der Waals surface area contributed by atoms with Crippen molar-refractivity contribution in [2.45, 2.75) is 52.3 Å². The van der Waals surface area contributed by atoms with Crippen LogP contribution < -0.4 is 10.1 Å². The molecule has 0 spiro atoms. The molecular weight excluding hydrogens is 508 g/mol. The van der Waals surface area contributed by atoms with Crippen LogP contribution in [0, 0.1) is 5.92 Å². The van der Waals surface area contributed by atoms with Gasteiger partial charge in [-0.2, -0.15) is 0 Å². The van der Waals surface area contributed by atoms with Gasteiger partial charge in [0, 0.05) is 69.6 Å². The summed E-state index contributed by atoms with van der Waals surface area (Å²) in [4.78, 5) is 29.6. The van der Waals surface area contributed by atoms with E-state index >= 15 is 0 Å². The molecule has 40 heavy (non-hydrogen) atoms. The van der Waals surface area contributed by atoms with Gasteiger partial charge in [-0.05, 0) is 31.4 Å². The largest absolute Gasteiger partial charge is 0.491 e. The maximum atomic E-state index is 13.4. The lowest BCUT2D eigenvalue weighted by atomic mass is 10.0. The number of rotatable bonds is 7. The Morgan fingerprint density at radius 1 is 1.12 bits per heavy atom. The summed E-state index contributed by atoms with van der Waals surface area (Å²) in [7, 11) is 3.46. The zero-order valence-electron chi connectivity index (χ0n) is 24.1. The van der Waals surface area contributed by atoms with E-state index in [0.717, 1.165) is 23.4 Å². The minimum Gasteiger partial charge on any atom is -0.491 e. The summed E-state index contributed by atoms with van der Waals surface area (Å²) >= 11 is 0. The lowest BCUT2D eigenvalue weighted by molar-refractivity contribution is -0.116. The van der Waals surface area contributed by atoms with Crippen LogP contribution in [0.25, 0.3) is 11.3 Å². The summed E-state index contributed by atoms with van der Waals surface area (Å²) in [5.41, 5.74) is 2.85. The maximum Gasteiger partial charge on any atom is 0.257 e. The maximum absolute atomic E-state index is 13.4. The smallest absolute Gasteiger partial charge is 0.257 e. The quantitative estimate of drug-likeness (QED) is 0.439. The first-order chi connectivity index (χ1) is 19.3. The zero-order chi connectivity index (χ0) is 28.6. The van der Waals surface area contributed by atoms with Gasteiger partial charge >= 0.3 is 0 Å². The van der Waals surface area contributed by atoms with Crippen molar-refractivity contribution in [2.75, 3.05) is 39.2 Å². The van der Waals surface area contributed by atoms with Gasteiger partial charge in [-0.3, -0.25) is 14.5 Å². The fraction of sp³-hybridized carbons (Fsp3) is 0.452. The van der Waals surface area contributed by atoms with Crippen molar-refractivity contribution in [3.05, 3.63) is 65.9 Å². The van der Waals surface area contributed by atoms with Gasteiger partial charge in [-0.15, -0.1) is 0 Å². The van der Waals surface area contributed by atoms with E-state index in [0.29, 0.717) is 49.7 Å². The average Bonchev–Trinajstić information content (AvgIpc) is 3.42. The Balaban J connectivity index is 1.61. The molecule has 2 heterocycles. The number of ether oxygens (including phenoxy) is 2. The van der Waals surface area contributed by atoms with Crippen LogP contribution in [0.1, 0.15) is 49.7 Å². The van der Waals surface area contributed by atoms with Crippen LogP contribution in [-0.2, 0) is 16.1 Å². The summed E-state index contributed by atoms with van der Waals surface area (Å²) in [5, 5.41) is 7.25. The second-order valence-corrected chi connectivity index (χ2v) is 10.6. The van der Waals surface area contributed by atoms with Crippen LogP contribution in [0.5, 0.6) is 5.75 Å². The predicted octanol–water partition coefficient (Wildman–Crippen LogP) is 5.09. The van der Waals surface area contributed by atoms with Gasteiger partial charge in [0.2, 0.25) is 5.91 Å². The van der Waals surface area contributed by atoms with E-state index in [9.17, 15) is 9.59 Å². The standard InChI is InChI=1S/C31H40N4O5/c1-6-10-30(36)32-24-13-14-26-28(15-24)39-20-22(3)35(17-21(2)29(38-5)19-34(4)31(26)37)18-25-16-27(40-33-25)23-11-8-7-9-12-23/h7-9,11-16,21-22,29H,6,10,17-20H2,1-5H3,(H,32,36)/t21-,22-,29-/m1/s1. The highest BCUT2D eigenvalue weighted by atomic mass is 16.5. The van der Waals surface area contributed by atoms with Crippen LogP contribution >= 0.6 is 0 Å². The fourth-order valence-electron chi connectivity index (χ4n) is 4.93. The molecule has 0 radical (unpaired) electrons. The van der Waals surface area contributed by atoms with Gasteiger partial charge in [0.1, 0.15) is 12.4 Å². The molecule has 1 aliphatic rings. The lowest BCUT2D eigenvalue weighted by Crippen LogP contribution is -2.46. The molecule has 9 nitrogen and oxygen atoms in total. The predicted molar refractivity (Wildman–Crippen MR) is 154 cm³/mol. The Morgan fingerprint density at radius 3 is 2.62 bits per heavy atom. The number of nitrogens with zero attached hydrogens (tertiary/aromatic N) is 3. The molecule has 0 saturated carbocycles. The highest BCUT2D eigenvalue weighted by Gasteiger charge is 2.29. The molecule has 1 N–H and O–H groups in total. The molecule has 2 aromatic carbocycles. The second kappa shape index (κ2) is 13.6. The van der Waals surface area contributed by atoms with E-state index in [1.165, 1.54) is 0 Å². The van der Waals surface area contributed by atoms with Crippen LogP contribution in [0.2, 0.25) is 0 Å². The number of benzene rings is 2. The molecule has 2 amide bonds. The molecule has 3 aromatic rings. The Bertz CT molecular complexity index is 1280. The second-order valence-electron chi connectivity index (χ2n) is 10.6. The zero-order valence-corrected chi connectivity index (χ0v) is 24.1. The van der Waals surface area contributed by atoms with E-state index < -0.39 is 0 Å². The number of hydrogen-bond acceptors (Lipinski definition) is 7. The molecule has 1 aliphatic heterocycles. The van der Waals surface area contributed by atoms with Crippen molar-refractivity contribution in [2.24, 2.45) is 5.92 Å². The third-order valence-electron chi connectivity index (χ3n) is 7.32. The Hall–Kier alpha value is -3.69. The molecule has 0 unspecified atom stereocenters. The minimum atomic E-state index is -0.169. The number of nitrogens with one attached hydrogen (secondary N) is 1. The molecule has 214 valence electrons. The molecule has 3 atom stereocenters. The van der Waals surface area contributed by atoms with Crippen LogP contribution in [0.3, 0.4) is 0 Å². The van der Waals surface area contributed by atoms with E-state index in [-0.39, 0.29) is 29.9 Å². The first-order valence-corrected chi connectivity index (χ1v) is 13.9. The number of anilines is 1. The van der Waals surface area contributed by atoms with Crippen molar-refractivity contribution >= 4 is 17.5 Å². The topological polar surface area (TPSA) is 97.1 Å². The molecular formula is C31H40N4O5. The summed E-state index contributed by atoms with van der Waals surface area (Å²) in [6, 6.07) is 17.1. The number of fused-ring (bicyclic) bond motifs is 1. The van der Waals surface area contributed by atoms with Gasteiger partial charge in [0.05, 0.1) is 17.4 Å². The van der Waals surface area contributed by atoms with Gasteiger partial charge in [0.25, 0.3) is 5.91 Å². The van der Waals surface area contributed by atoms with Gasteiger partial charge in [-0.25, -0.2) is 0 Å². The third kappa shape index (κ3) is 7.28. The van der Waals surface area contributed by atoms with Crippen molar-refractivity contribution in [3.8, 4) is 17.1 Å². The molecule has 1 aromatic heterocycles. The molecule has 9 heteroatoms.